The number of allylic oxidation sites excluding steroid dienone is 2. The minimum absolute atomic E-state index is 0.0941. The van der Waals surface area contributed by atoms with Crippen molar-refractivity contribution >= 4 is 34.6 Å². The van der Waals surface area contributed by atoms with Crippen LogP contribution in [0, 0.1) is 16.0 Å². The van der Waals surface area contributed by atoms with Crippen molar-refractivity contribution in [2.45, 2.75) is 18.4 Å². The van der Waals surface area contributed by atoms with E-state index in [1.807, 2.05) is 12.1 Å². The summed E-state index contributed by atoms with van der Waals surface area (Å²) in [6, 6.07) is 10.6. The molecule has 4 rings (SSSR count). The molecule has 0 bridgehead atoms. The first-order valence-corrected chi connectivity index (χ1v) is 8.47. The Morgan fingerprint density at radius 1 is 1.17 bits per heavy atom. The van der Waals surface area contributed by atoms with E-state index in [-0.39, 0.29) is 28.5 Å². The molecule has 0 saturated carbocycles. The Labute approximate surface area is 149 Å². The van der Waals surface area contributed by atoms with Crippen molar-refractivity contribution in [1.82, 2.24) is 0 Å². The van der Waals surface area contributed by atoms with E-state index in [1.165, 1.54) is 6.07 Å². The number of hydrogen-bond acceptors (Lipinski definition) is 3. The van der Waals surface area contributed by atoms with E-state index in [0.717, 1.165) is 17.5 Å². The summed E-state index contributed by atoms with van der Waals surface area (Å²) < 4.78 is 0. The standard InChI is InChI=1S/C18H14Cl2N2O2/c19-10-7-8-14(15(20)9-10)17-12-4-1-3-11(12)13-5-2-6-16(22(23)24)18(13)21-17/h1-3,5-9,11-12,17,21H,4H2. The topological polar surface area (TPSA) is 55.2 Å². The molecule has 2 aromatic rings. The van der Waals surface area contributed by atoms with Gasteiger partial charge in [-0.3, -0.25) is 10.1 Å². The van der Waals surface area contributed by atoms with Crippen molar-refractivity contribution in [3.63, 3.8) is 0 Å². The quantitative estimate of drug-likeness (QED) is 0.422. The van der Waals surface area contributed by atoms with Gasteiger partial charge in [0.25, 0.3) is 5.69 Å². The van der Waals surface area contributed by atoms with E-state index < -0.39 is 0 Å². The lowest BCUT2D eigenvalue weighted by molar-refractivity contribution is -0.384. The summed E-state index contributed by atoms with van der Waals surface area (Å²) in [6.45, 7) is 0. The fourth-order valence-electron chi connectivity index (χ4n) is 3.82. The minimum atomic E-state index is -0.342. The normalized spacial score (nSPS) is 24.2. The summed E-state index contributed by atoms with van der Waals surface area (Å²) in [5.74, 6) is 0.427. The van der Waals surface area contributed by atoms with Crippen molar-refractivity contribution in [3.05, 3.63) is 79.8 Å². The molecule has 3 atom stereocenters. The molecule has 0 fully saturated rings. The summed E-state index contributed by atoms with van der Waals surface area (Å²) in [5.41, 5.74) is 2.58. The second-order valence-corrected chi connectivity index (χ2v) is 6.98. The zero-order valence-corrected chi connectivity index (χ0v) is 14.1. The van der Waals surface area contributed by atoms with Crippen LogP contribution >= 0.6 is 23.2 Å². The van der Waals surface area contributed by atoms with Gasteiger partial charge in [0.1, 0.15) is 5.69 Å². The lowest BCUT2D eigenvalue weighted by Crippen LogP contribution is -2.29. The number of hydrogen-bond donors (Lipinski definition) is 1. The van der Waals surface area contributed by atoms with Gasteiger partial charge in [0.15, 0.2) is 0 Å². The Balaban J connectivity index is 1.86. The van der Waals surface area contributed by atoms with Crippen LogP contribution in [0.25, 0.3) is 0 Å². The number of fused-ring (bicyclic) bond motifs is 3. The first kappa shape index (κ1) is 15.5. The molecule has 0 saturated heterocycles. The molecule has 1 aliphatic carbocycles. The monoisotopic (exact) mass is 360 g/mol. The molecular weight excluding hydrogens is 347 g/mol. The highest BCUT2D eigenvalue weighted by Crippen LogP contribution is 2.52. The minimum Gasteiger partial charge on any atom is -0.372 e. The molecule has 6 heteroatoms. The van der Waals surface area contributed by atoms with Gasteiger partial charge in [-0.2, -0.15) is 0 Å². The number of benzene rings is 2. The van der Waals surface area contributed by atoms with Crippen LogP contribution in [0.15, 0.2) is 48.6 Å². The molecule has 4 nitrogen and oxygen atoms in total. The summed E-state index contributed by atoms with van der Waals surface area (Å²) >= 11 is 12.4. The molecule has 0 radical (unpaired) electrons. The van der Waals surface area contributed by atoms with Gasteiger partial charge in [-0.25, -0.2) is 0 Å². The van der Waals surface area contributed by atoms with Gasteiger partial charge in [-0.15, -0.1) is 0 Å². The fourth-order valence-corrected chi connectivity index (χ4v) is 4.34. The van der Waals surface area contributed by atoms with E-state index in [4.69, 9.17) is 23.2 Å². The lowest BCUT2D eigenvalue weighted by atomic mass is 9.77. The number of halogens is 2. The lowest BCUT2D eigenvalue weighted by Gasteiger charge is -2.37. The van der Waals surface area contributed by atoms with Crippen LogP contribution in [-0.4, -0.2) is 4.92 Å². The van der Waals surface area contributed by atoms with Crippen LogP contribution in [0.3, 0.4) is 0 Å². The highest BCUT2D eigenvalue weighted by Gasteiger charge is 2.40. The molecule has 1 aliphatic heterocycles. The first-order chi connectivity index (χ1) is 11.6. The Morgan fingerprint density at radius 2 is 2.00 bits per heavy atom. The van der Waals surface area contributed by atoms with Crippen molar-refractivity contribution < 1.29 is 4.92 Å². The third-order valence-corrected chi connectivity index (χ3v) is 5.43. The Kier molecular flexibility index (Phi) is 3.74. The van der Waals surface area contributed by atoms with Gasteiger partial charge < -0.3 is 5.32 Å². The Morgan fingerprint density at radius 3 is 2.75 bits per heavy atom. The van der Waals surface area contributed by atoms with E-state index in [2.05, 4.69) is 17.5 Å². The van der Waals surface area contributed by atoms with Gasteiger partial charge >= 0.3 is 0 Å². The van der Waals surface area contributed by atoms with E-state index >= 15 is 0 Å². The van der Waals surface area contributed by atoms with Crippen molar-refractivity contribution in [1.29, 1.82) is 0 Å². The fraction of sp³-hybridized carbons (Fsp3) is 0.222. The third-order valence-electron chi connectivity index (χ3n) is 4.87. The number of anilines is 1. The highest BCUT2D eigenvalue weighted by molar-refractivity contribution is 6.35. The maximum atomic E-state index is 11.4. The van der Waals surface area contributed by atoms with Crippen LogP contribution in [0.5, 0.6) is 0 Å². The molecule has 2 aromatic carbocycles. The summed E-state index contributed by atoms with van der Waals surface area (Å²) in [5, 5.41) is 16.0. The highest BCUT2D eigenvalue weighted by atomic mass is 35.5. The average Bonchev–Trinajstić information content (AvgIpc) is 3.03. The molecule has 0 amide bonds. The van der Waals surface area contributed by atoms with Crippen molar-refractivity contribution in [3.8, 4) is 0 Å². The molecular formula is C18H14Cl2N2O2. The summed E-state index contributed by atoms with van der Waals surface area (Å²) in [4.78, 5) is 11.1. The second kappa shape index (κ2) is 5.80. The van der Waals surface area contributed by atoms with Gasteiger partial charge in [0.2, 0.25) is 0 Å². The SMILES string of the molecule is O=[N+]([O-])c1cccc2c1NC(c1ccc(Cl)cc1Cl)C1CC=CC21. The van der Waals surface area contributed by atoms with Crippen LogP contribution in [-0.2, 0) is 0 Å². The number of nitrogens with one attached hydrogen (secondary N) is 1. The van der Waals surface area contributed by atoms with E-state index in [1.54, 1.807) is 18.2 Å². The smallest absolute Gasteiger partial charge is 0.292 e. The zero-order valence-electron chi connectivity index (χ0n) is 12.6. The predicted molar refractivity (Wildman–Crippen MR) is 95.9 cm³/mol. The van der Waals surface area contributed by atoms with Crippen molar-refractivity contribution in [2.24, 2.45) is 5.92 Å². The van der Waals surface area contributed by atoms with Crippen LogP contribution in [0.1, 0.15) is 29.5 Å². The molecule has 122 valence electrons. The maximum absolute atomic E-state index is 11.4. The van der Waals surface area contributed by atoms with Gasteiger partial charge in [0.05, 0.1) is 11.0 Å². The Bertz CT molecular complexity index is 866. The number of nitrogens with zero attached hydrogens (tertiary/aromatic N) is 1. The number of nitro groups is 1. The predicted octanol–water partition coefficient (Wildman–Crippen LogP) is 5.73. The average molecular weight is 361 g/mol. The number of rotatable bonds is 2. The van der Waals surface area contributed by atoms with Gasteiger partial charge in [-0.1, -0.05) is 53.6 Å². The molecule has 0 aromatic heterocycles. The Hall–Kier alpha value is -2.04. The summed E-state index contributed by atoms with van der Waals surface area (Å²) in [7, 11) is 0. The molecule has 3 unspecified atom stereocenters. The van der Waals surface area contributed by atoms with Crippen LogP contribution < -0.4 is 5.32 Å². The van der Waals surface area contributed by atoms with Crippen LogP contribution in [0.2, 0.25) is 10.0 Å². The second-order valence-electron chi connectivity index (χ2n) is 6.14. The molecule has 24 heavy (non-hydrogen) atoms. The molecule has 1 N–H and O–H groups in total. The van der Waals surface area contributed by atoms with Gasteiger partial charge in [-0.05, 0) is 35.6 Å². The van der Waals surface area contributed by atoms with Crippen molar-refractivity contribution in [2.75, 3.05) is 5.32 Å². The summed E-state index contributed by atoms with van der Waals surface area (Å²) in [6.07, 6.45) is 5.19. The number of para-hydroxylation sites is 1. The van der Waals surface area contributed by atoms with E-state index in [9.17, 15) is 10.1 Å². The van der Waals surface area contributed by atoms with Crippen LogP contribution in [0.4, 0.5) is 11.4 Å². The largest absolute Gasteiger partial charge is 0.372 e. The van der Waals surface area contributed by atoms with Gasteiger partial charge in [0, 0.05) is 22.0 Å². The third kappa shape index (κ3) is 2.38. The number of nitro benzene ring substituents is 1. The molecule has 2 aliphatic rings. The first-order valence-electron chi connectivity index (χ1n) is 7.71. The molecule has 0 spiro atoms. The zero-order chi connectivity index (χ0) is 16.8. The molecule has 1 heterocycles. The maximum Gasteiger partial charge on any atom is 0.292 e. The van der Waals surface area contributed by atoms with E-state index in [0.29, 0.717) is 15.7 Å².